The first-order chi connectivity index (χ1) is 25.9. The van der Waals surface area contributed by atoms with Crippen LogP contribution < -0.4 is 20.7 Å². The SMILES string of the molecule is O=C(N[C@H]1CC[C@@H](NC(=O)c2cc(F)cnc2Oc2cccc(-c3ccc(CNCCCN4CCOCC4)cc3)c2)CC1)c1cn2cc(F)ccc2n1. The topological polar surface area (TPSA) is 122 Å². The van der Waals surface area contributed by atoms with Crippen molar-refractivity contribution >= 4 is 17.5 Å². The van der Waals surface area contributed by atoms with Gasteiger partial charge in [-0.3, -0.25) is 14.5 Å². The quantitative estimate of drug-likeness (QED) is 0.131. The zero-order valence-corrected chi connectivity index (χ0v) is 29.4. The Balaban J connectivity index is 0.902. The van der Waals surface area contributed by atoms with Crippen LogP contribution in [0.1, 0.15) is 58.5 Å². The van der Waals surface area contributed by atoms with E-state index in [9.17, 15) is 18.4 Å². The number of fused-ring (bicyclic) bond motifs is 1. The van der Waals surface area contributed by atoms with Gasteiger partial charge in [-0.05, 0) is 92.2 Å². The lowest BCUT2D eigenvalue weighted by atomic mass is 9.91. The summed E-state index contributed by atoms with van der Waals surface area (Å²) >= 11 is 0. The van der Waals surface area contributed by atoms with Gasteiger partial charge in [-0.1, -0.05) is 36.4 Å². The maximum Gasteiger partial charge on any atom is 0.271 e. The van der Waals surface area contributed by atoms with Crippen LogP contribution in [-0.4, -0.2) is 82.6 Å². The number of halogens is 2. The molecular formula is C40H43F2N7O4. The Kier molecular flexibility index (Phi) is 11.6. The van der Waals surface area contributed by atoms with E-state index in [1.807, 2.05) is 18.2 Å². The number of carbonyl (C=O) groups excluding carboxylic acids is 2. The van der Waals surface area contributed by atoms with Crippen LogP contribution in [-0.2, 0) is 11.3 Å². The number of carbonyl (C=O) groups is 2. The molecule has 1 saturated carbocycles. The Hall–Kier alpha value is -5.24. The fourth-order valence-electron chi connectivity index (χ4n) is 6.80. The lowest BCUT2D eigenvalue weighted by Crippen LogP contribution is -2.44. The number of ether oxygens (including phenoxy) is 2. The summed E-state index contributed by atoms with van der Waals surface area (Å²) < 4.78 is 40.9. The number of benzene rings is 2. The number of aromatic nitrogens is 3. The van der Waals surface area contributed by atoms with Gasteiger partial charge < -0.3 is 29.8 Å². The minimum atomic E-state index is -0.649. The Morgan fingerprint density at radius 3 is 2.38 bits per heavy atom. The summed E-state index contributed by atoms with van der Waals surface area (Å²) in [6.45, 7) is 6.49. The zero-order valence-electron chi connectivity index (χ0n) is 29.4. The van der Waals surface area contributed by atoms with E-state index in [0.717, 1.165) is 75.7 Å². The van der Waals surface area contributed by atoms with Crippen LogP contribution in [0.3, 0.4) is 0 Å². The third kappa shape index (κ3) is 9.60. The fourth-order valence-corrected chi connectivity index (χ4v) is 6.80. The molecule has 13 heteroatoms. The number of hydrogen-bond acceptors (Lipinski definition) is 8. The average molecular weight is 724 g/mol. The van der Waals surface area contributed by atoms with Crippen LogP contribution in [0, 0.1) is 11.6 Å². The molecule has 5 aromatic rings. The molecule has 1 aliphatic heterocycles. The van der Waals surface area contributed by atoms with Crippen molar-refractivity contribution < 1.29 is 27.8 Å². The zero-order chi connectivity index (χ0) is 36.6. The lowest BCUT2D eigenvalue weighted by Gasteiger charge is -2.29. The Morgan fingerprint density at radius 2 is 1.60 bits per heavy atom. The first kappa shape index (κ1) is 36.1. The molecule has 4 heterocycles. The second kappa shape index (κ2) is 17.1. The van der Waals surface area contributed by atoms with Gasteiger partial charge in [-0.2, -0.15) is 0 Å². The Morgan fingerprint density at radius 1 is 0.849 bits per heavy atom. The standard InChI is InChI=1S/C40H43F2N7O4/c41-30-9-14-37-47-36(26-49(37)25-30)39(51)46-33-12-10-32(11-13-33)45-38(50)35-22-31(42)24-44-40(35)53-34-4-1-3-29(21-34)28-7-5-27(6-8-28)23-43-15-2-16-48-17-19-52-20-18-48/h1,3-9,14,21-22,24-26,32-33,43H,2,10-13,15-20,23H2,(H,45,50)(H,46,51)/t32-,33+. The summed E-state index contributed by atoms with van der Waals surface area (Å²) in [5.41, 5.74) is 3.81. The molecule has 3 N–H and O–H groups in total. The van der Waals surface area contributed by atoms with Crippen LogP contribution in [0.25, 0.3) is 16.8 Å². The van der Waals surface area contributed by atoms with Gasteiger partial charge in [0.25, 0.3) is 11.8 Å². The van der Waals surface area contributed by atoms with Gasteiger partial charge in [-0.15, -0.1) is 0 Å². The number of hydrogen-bond donors (Lipinski definition) is 3. The highest BCUT2D eigenvalue weighted by Gasteiger charge is 2.26. The van der Waals surface area contributed by atoms with Gasteiger partial charge in [0.05, 0.1) is 19.4 Å². The molecule has 0 radical (unpaired) electrons. The molecule has 0 atom stereocenters. The molecule has 3 aromatic heterocycles. The number of pyridine rings is 2. The molecule has 0 unspecified atom stereocenters. The van der Waals surface area contributed by atoms with Gasteiger partial charge >= 0.3 is 0 Å². The van der Waals surface area contributed by atoms with E-state index in [1.54, 1.807) is 6.07 Å². The van der Waals surface area contributed by atoms with E-state index in [1.165, 1.54) is 34.5 Å². The summed E-state index contributed by atoms with van der Waals surface area (Å²) in [5, 5.41) is 9.52. The minimum Gasteiger partial charge on any atom is -0.438 e. The first-order valence-electron chi connectivity index (χ1n) is 18.2. The van der Waals surface area contributed by atoms with Crippen LogP contribution in [0.15, 0.2) is 85.3 Å². The number of morpholine rings is 1. The van der Waals surface area contributed by atoms with Crippen molar-refractivity contribution in [1.82, 2.24) is 35.2 Å². The smallest absolute Gasteiger partial charge is 0.271 e. The van der Waals surface area contributed by atoms with Gasteiger partial charge in [0.1, 0.15) is 34.3 Å². The first-order valence-corrected chi connectivity index (χ1v) is 18.2. The normalized spacial score (nSPS) is 17.8. The number of nitrogens with one attached hydrogen (secondary N) is 3. The molecule has 0 spiro atoms. The molecule has 2 amide bonds. The molecule has 1 saturated heterocycles. The van der Waals surface area contributed by atoms with Gasteiger partial charge in [0.2, 0.25) is 5.88 Å². The maximum atomic E-state index is 14.4. The number of imidazole rings is 1. The van der Waals surface area contributed by atoms with Crippen LogP contribution in [0.4, 0.5) is 8.78 Å². The van der Waals surface area contributed by atoms with Crippen LogP contribution in [0.2, 0.25) is 0 Å². The van der Waals surface area contributed by atoms with E-state index < -0.39 is 17.5 Å². The van der Waals surface area contributed by atoms with Gasteiger partial charge in [0, 0.05) is 44.1 Å². The van der Waals surface area contributed by atoms with Crippen LogP contribution in [0.5, 0.6) is 11.6 Å². The summed E-state index contributed by atoms with van der Waals surface area (Å²) in [6.07, 6.45) is 7.36. The molecule has 53 heavy (non-hydrogen) atoms. The lowest BCUT2D eigenvalue weighted by molar-refractivity contribution is 0.0374. The van der Waals surface area contributed by atoms with Gasteiger partial charge in [0.15, 0.2) is 0 Å². The number of nitrogens with zero attached hydrogens (tertiary/aromatic N) is 4. The molecule has 2 fully saturated rings. The molecule has 0 bridgehead atoms. The third-order valence-corrected chi connectivity index (χ3v) is 9.70. The fraction of sp³-hybridized carbons (Fsp3) is 0.350. The Bertz CT molecular complexity index is 2030. The van der Waals surface area contributed by atoms with E-state index in [-0.39, 0.29) is 35.1 Å². The highest BCUT2D eigenvalue weighted by Crippen LogP contribution is 2.29. The van der Waals surface area contributed by atoms with Crippen molar-refractivity contribution in [3.8, 4) is 22.8 Å². The number of rotatable bonds is 13. The molecule has 11 nitrogen and oxygen atoms in total. The largest absolute Gasteiger partial charge is 0.438 e. The molecule has 276 valence electrons. The predicted molar refractivity (Wildman–Crippen MR) is 196 cm³/mol. The molecule has 2 aromatic carbocycles. The van der Waals surface area contributed by atoms with E-state index in [0.29, 0.717) is 37.1 Å². The minimum absolute atomic E-state index is 0.00378. The van der Waals surface area contributed by atoms with Crippen molar-refractivity contribution in [3.63, 3.8) is 0 Å². The highest BCUT2D eigenvalue weighted by molar-refractivity contribution is 5.96. The van der Waals surface area contributed by atoms with Crippen molar-refractivity contribution in [2.75, 3.05) is 39.4 Å². The Labute approximate surface area is 306 Å². The monoisotopic (exact) mass is 723 g/mol. The number of amides is 2. The van der Waals surface area contributed by atoms with E-state index in [2.05, 4.69) is 55.1 Å². The molecule has 7 rings (SSSR count). The van der Waals surface area contributed by atoms with Gasteiger partial charge in [-0.25, -0.2) is 18.7 Å². The summed E-state index contributed by atoms with van der Waals surface area (Å²) in [6, 6.07) is 19.5. The summed E-state index contributed by atoms with van der Waals surface area (Å²) in [5.74, 6) is -1.43. The van der Waals surface area contributed by atoms with E-state index in [4.69, 9.17) is 9.47 Å². The third-order valence-electron chi connectivity index (χ3n) is 9.70. The van der Waals surface area contributed by atoms with E-state index >= 15 is 0 Å². The van der Waals surface area contributed by atoms with Crippen molar-refractivity contribution in [1.29, 1.82) is 0 Å². The summed E-state index contributed by atoms with van der Waals surface area (Å²) in [7, 11) is 0. The maximum absolute atomic E-state index is 14.4. The summed E-state index contributed by atoms with van der Waals surface area (Å²) in [4.78, 5) is 37.1. The van der Waals surface area contributed by atoms with Crippen molar-refractivity contribution in [2.24, 2.45) is 0 Å². The van der Waals surface area contributed by atoms with Crippen molar-refractivity contribution in [3.05, 3.63) is 114 Å². The second-order valence-electron chi connectivity index (χ2n) is 13.6. The van der Waals surface area contributed by atoms with Crippen LogP contribution >= 0.6 is 0 Å². The molecule has 2 aliphatic rings. The second-order valence-corrected chi connectivity index (χ2v) is 13.6. The molecule has 1 aliphatic carbocycles. The van der Waals surface area contributed by atoms with Crippen molar-refractivity contribution in [2.45, 2.75) is 50.7 Å². The highest BCUT2D eigenvalue weighted by atomic mass is 19.1. The predicted octanol–water partition coefficient (Wildman–Crippen LogP) is 5.75. The average Bonchev–Trinajstić information content (AvgIpc) is 3.61. The molecular weight excluding hydrogens is 680 g/mol.